The van der Waals surface area contributed by atoms with Gasteiger partial charge in [-0.3, -0.25) is 0 Å². The Bertz CT molecular complexity index is 2680. The summed E-state index contributed by atoms with van der Waals surface area (Å²) in [5, 5.41) is 1.24. The molecule has 1 aromatic heterocycles. The van der Waals surface area contributed by atoms with E-state index in [2.05, 4.69) is 221 Å². The summed E-state index contributed by atoms with van der Waals surface area (Å²) < 4.78 is 2.36. The minimum Gasteiger partial charge on any atom is -0.310 e. The second-order valence-electron chi connectivity index (χ2n) is 15.2. The first-order valence-electron chi connectivity index (χ1n) is 19.5. The molecular weight excluding hydrogens is 677 g/mol. The number of fused-ring (bicyclic) bond motifs is 2. The Morgan fingerprint density at radius 2 is 1.23 bits per heavy atom. The van der Waals surface area contributed by atoms with Crippen LogP contribution >= 0.6 is 0 Å². The fourth-order valence-corrected chi connectivity index (χ4v) is 8.37. The molecule has 7 aromatic rings. The fourth-order valence-electron chi connectivity index (χ4n) is 8.37. The molecule has 0 saturated carbocycles. The molecule has 0 radical (unpaired) electrons. The zero-order valence-corrected chi connectivity index (χ0v) is 33.1. The van der Waals surface area contributed by atoms with Crippen LogP contribution in [0.1, 0.15) is 50.1 Å². The highest BCUT2D eigenvalue weighted by molar-refractivity contribution is 5.94. The Morgan fingerprint density at radius 1 is 0.661 bits per heavy atom. The maximum absolute atomic E-state index is 4.20. The van der Waals surface area contributed by atoms with Crippen molar-refractivity contribution < 1.29 is 0 Å². The van der Waals surface area contributed by atoms with Crippen LogP contribution in [0, 0.1) is 6.92 Å². The second kappa shape index (κ2) is 14.9. The SMILES string of the molecule is C=CC1=C(/C=C\C)C(C)(C)c2cc(N(c3ccc(-c4ccccc4)cc3)c3ccc(-c4ccc5c(c4)c(C)c(/C=C(/C)C=C)n5-c4ccccc4)cc3)ccc21. The maximum Gasteiger partial charge on any atom is 0.0537 e. The number of hydrogen-bond acceptors (Lipinski definition) is 1. The lowest BCUT2D eigenvalue weighted by Crippen LogP contribution is -2.17. The first-order chi connectivity index (χ1) is 27.2. The van der Waals surface area contributed by atoms with Crippen LogP contribution in [0.5, 0.6) is 0 Å². The highest BCUT2D eigenvalue weighted by Crippen LogP contribution is 2.49. The van der Waals surface area contributed by atoms with Gasteiger partial charge in [0.25, 0.3) is 0 Å². The molecule has 1 aliphatic rings. The van der Waals surface area contributed by atoms with E-state index in [-0.39, 0.29) is 5.41 Å². The molecule has 2 nitrogen and oxygen atoms in total. The molecular formula is C54H48N2. The Hall–Kier alpha value is -6.64. The van der Waals surface area contributed by atoms with Crippen LogP contribution in [-0.4, -0.2) is 4.57 Å². The number of anilines is 3. The average molecular weight is 725 g/mol. The van der Waals surface area contributed by atoms with Gasteiger partial charge in [-0.2, -0.15) is 0 Å². The van der Waals surface area contributed by atoms with Gasteiger partial charge in [0.15, 0.2) is 0 Å². The van der Waals surface area contributed by atoms with Crippen LogP contribution in [0.15, 0.2) is 194 Å². The molecule has 0 bridgehead atoms. The molecule has 1 aliphatic carbocycles. The van der Waals surface area contributed by atoms with Gasteiger partial charge in [-0.1, -0.05) is 136 Å². The van der Waals surface area contributed by atoms with E-state index in [9.17, 15) is 0 Å². The number of nitrogens with zero attached hydrogens (tertiary/aromatic N) is 2. The van der Waals surface area contributed by atoms with E-state index >= 15 is 0 Å². The summed E-state index contributed by atoms with van der Waals surface area (Å²) in [5.74, 6) is 0. The number of allylic oxidation sites excluding steroid dienone is 7. The lowest BCUT2D eigenvalue weighted by molar-refractivity contribution is 0.654. The highest BCUT2D eigenvalue weighted by Gasteiger charge is 2.36. The van der Waals surface area contributed by atoms with Gasteiger partial charge in [0.1, 0.15) is 0 Å². The molecule has 0 saturated heterocycles. The van der Waals surface area contributed by atoms with Gasteiger partial charge in [-0.05, 0) is 143 Å². The van der Waals surface area contributed by atoms with E-state index < -0.39 is 0 Å². The van der Waals surface area contributed by atoms with Gasteiger partial charge >= 0.3 is 0 Å². The van der Waals surface area contributed by atoms with Crippen molar-refractivity contribution >= 4 is 39.6 Å². The molecule has 0 N–H and O–H groups in total. The smallest absolute Gasteiger partial charge is 0.0537 e. The van der Waals surface area contributed by atoms with Crippen LogP contribution < -0.4 is 4.90 Å². The van der Waals surface area contributed by atoms with Crippen molar-refractivity contribution in [3.05, 3.63) is 217 Å². The summed E-state index contributed by atoms with van der Waals surface area (Å²) in [6.07, 6.45) is 10.5. The van der Waals surface area contributed by atoms with Crippen molar-refractivity contribution in [2.45, 2.75) is 40.0 Å². The van der Waals surface area contributed by atoms with Gasteiger partial charge < -0.3 is 9.47 Å². The Morgan fingerprint density at radius 3 is 1.84 bits per heavy atom. The van der Waals surface area contributed by atoms with Gasteiger partial charge in [-0.15, -0.1) is 0 Å². The normalized spacial score (nSPS) is 13.7. The van der Waals surface area contributed by atoms with Crippen LogP contribution in [0.4, 0.5) is 17.1 Å². The van der Waals surface area contributed by atoms with Crippen LogP contribution in [0.3, 0.4) is 0 Å². The van der Waals surface area contributed by atoms with E-state index in [0.717, 1.165) is 28.3 Å². The van der Waals surface area contributed by atoms with E-state index in [1.165, 1.54) is 66.7 Å². The van der Waals surface area contributed by atoms with E-state index in [1.54, 1.807) is 0 Å². The van der Waals surface area contributed by atoms with E-state index in [0.29, 0.717) is 0 Å². The number of aromatic nitrogens is 1. The standard InChI is InChI=1S/C54H48N2/c1-8-17-50-47(10-3)48-32-31-46(36-51(48)54(50,6)7)55(44-27-22-40(23-28-44)39-18-13-11-14-19-39)45-29-24-41(25-30-45)42-26-33-52-49(35-42)38(5)53(34-37(4)9-2)56(52)43-20-15-12-16-21-43/h8-36H,2-3H2,1,4-7H3/b17-8-,37-34-. The minimum absolute atomic E-state index is 0.162. The number of benzene rings is 6. The third kappa shape index (κ3) is 6.37. The molecule has 6 aromatic carbocycles. The molecule has 274 valence electrons. The predicted octanol–water partition coefficient (Wildman–Crippen LogP) is 15.1. The summed E-state index contributed by atoms with van der Waals surface area (Å²) in [7, 11) is 0. The highest BCUT2D eigenvalue weighted by atomic mass is 15.1. The molecule has 0 amide bonds. The van der Waals surface area contributed by atoms with Crippen LogP contribution in [0.25, 0.3) is 50.5 Å². The van der Waals surface area contributed by atoms with Crippen molar-refractivity contribution in [1.82, 2.24) is 4.57 Å². The maximum atomic E-state index is 4.20. The van der Waals surface area contributed by atoms with Crippen molar-refractivity contribution in [3.63, 3.8) is 0 Å². The Labute approximate surface area is 332 Å². The quantitative estimate of drug-likeness (QED) is 0.128. The second-order valence-corrected chi connectivity index (χ2v) is 15.2. The molecule has 0 fully saturated rings. The molecule has 56 heavy (non-hydrogen) atoms. The van der Waals surface area contributed by atoms with Crippen LogP contribution in [0.2, 0.25) is 0 Å². The largest absolute Gasteiger partial charge is 0.310 e. The predicted molar refractivity (Wildman–Crippen MR) is 242 cm³/mol. The van der Waals surface area contributed by atoms with Gasteiger partial charge in [0, 0.05) is 39.2 Å². The van der Waals surface area contributed by atoms with Crippen molar-refractivity contribution in [2.24, 2.45) is 0 Å². The summed E-state index contributed by atoms with van der Waals surface area (Å²) in [6.45, 7) is 19.3. The first kappa shape index (κ1) is 36.3. The summed E-state index contributed by atoms with van der Waals surface area (Å²) in [4.78, 5) is 2.38. The van der Waals surface area contributed by atoms with Gasteiger partial charge in [-0.25, -0.2) is 0 Å². The van der Waals surface area contributed by atoms with E-state index in [4.69, 9.17) is 0 Å². The van der Waals surface area contributed by atoms with Crippen molar-refractivity contribution in [3.8, 4) is 27.9 Å². The number of para-hydroxylation sites is 1. The topological polar surface area (TPSA) is 8.17 Å². The lowest BCUT2D eigenvalue weighted by Gasteiger charge is -2.29. The summed E-state index contributed by atoms with van der Waals surface area (Å²) in [5.41, 5.74) is 18.9. The molecule has 8 rings (SSSR count). The lowest BCUT2D eigenvalue weighted by atomic mass is 9.80. The molecule has 0 atom stereocenters. The number of aryl methyl sites for hydroxylation is 1. The average Bonchev–Trinajstić information content (AvgIpc) is 3.63. The third-order valence-electron chi connectivity index (χ3n) is 11.4. The molecule has 1 heterocycles. The molecule has 0 unspecified atom stereocenters. The third-order valence-corrected chi connectivity index (χ3v) is 11.4. The monoisotopic (exact) mass is 724 g/mol. The van der Waals surface area contributed by atoms with Crippen molar-refractivity contribution in [2.75, 3.05) is 4.90 Å². The Kier molecular flexibility index (Phi) is 9.66. The Balaban J connectivity index is 1.22. The minimum atomic E-state index is -0.162. The number of hydrogen-bond donors (Lipinski definition) is 0. The summed E-state index contributed by atoms with van der Waals surface area (Å²) >= 11 is 0. The zero-order valence-electron chi connectivity index (χ0n) is 33.1. The van der Waals surface area contributed by atoms with Gasteiger partial charge in [0.05, 0.1) is 5.52 Å². The van der Waals surface area contributed by atoms with E-state index in [1.807, 2.05) is 12.2 Å². The zero-order chi connectivity index (χ0) is 39.0. The van der Waals surface area contributed by atoms with Gasteiger partial charge in [0.2, 0.25) is 0 Å². The molecule has 2 heteroatoms. The summed E-state index contributed by atoms with van der Waals surface area (Å²) in [6, 6.07) is 52.9. The first-order valence-corrected chi connectivity index (χ1v) is 19.5. The van der Waals surface area contributed by atoms with Crippen LogP contribution in [-0.2, 0) is 5.41 Å². The molecule has 0 spiro atoms. The van der Waals surface area contributed by atoms with Crippen molar-refractivity contribution in [1.29, 1.82) is 0 Å². The number of rotatable bonds is 10. The fraction of sp³-hybridized carbons (Fsp3) is 0.111. The molecule has 0 aliphatic heterocycles.